The van der Waals surface area contributed by atoms with Crippen molar-refractivity contribution in [3.05, 3.63) is 29.8 Å². The van der Waals surface area contributed by atoms with Gasteiger partial charge in [0.1, 0.15) is 5.75 Å². The second kappa shape index (κ2) is 6.25. The predicted octanol–water partition coefficient (Wildman–Crippen LogP) is 2.38. The van der Waals surface area contributed by atoms with Crippen molar-refractivity contribution in [1.82, 2.24) is 5.06 Å². The van der Waals surface area contributed by atoms with E-state index in [0.717, 1.165) is 11.3 Å². The summed E-state index contributed by atoms with van der Waals surface area (Å²) in [5.41, 5.74) is 0.991. The highest BCUT2D eigenvalue weighted by Gasteiger charge is 2.15. The maximum atomic E-state index is 11.0. The van der Waals surface area contributed by atoms with Gasteiger partial charge in [-0.15, -0.1) is 5.06 Å². The van der Waals surface area contributed by atoms with Crippen LogP contribution in [-0.2, 0) is 16.2 Å². The molecule has 0 aliphatic heterocycles. The van der Waals surface area contributed by atoms with Crippen molar-refractivity contribution in [2.24, 2.45) is 0 Å². The van der Waals surface area contributed by atoms with Gasteiger partial charge in [0, 0.05) is 18.5 Å². The zero-order valence-corrected chi connectivity index (χ0v) is 10.8. The quantitative estimate of drug-likeness (QED) is 0.737. The Morgan fingerprint density at radius 1 is 1.35 bits per heavy atom. The molecule has 0 saturated carbocycles. The summed E-state index contributed by atoms with van der Waals surface area (Å²) in [6, 6.07) is 7.81. The lowest BCUT2D eigenvalue weighted by Gasteiger charge is -2.24. The number of methoxy groups -OCH3 is 1. The van der Waals surface area contributed by atoms with Crippen molar-refractivity contribution in [3.63, 3.8) is 0 Å². The van der Waals surface area contributed by atoms with Crippen LogP contribution < -0.4 is 4.74 Å². The van der Waals surface area contributed by atoms with Gasteiger partial charge in [0.05, 0.1) is 13.7 Å². The van der Waals surface area contributed by atoms with Crippen LogP contribution >= 0.6 is 0 Å². The molecule has 0 spiro atoms. The summed E-state index contributed by atoms with van der Waals surface area (Å²) in [7, 11) is 1.63. The van der Waals surface area contributed by atoms with Gasteiger partial charge in [0.25, 0.3) is 0 Å². The molecule has 1 aromatic rings. The zero-order valence-electron chi connectivity index (χ0n) is 10.8. The standard InChI is InChI=1S/C13H19NO3/c1-10(2)14(17-11(3)15)9-12-7-5-6-8-13(12)16-4/h5-8,10H,9H2,1-4H3. The van der Waals surface area contributed by atoms with E-state index in [1.165, 1.54) is 6.92 Å². The Bertz CT molecular complexity index is 377. The van der Waals surface area contributed by atoms with Crippen LogP contribution in [0.4, 0.5) is 0 Å². The fourth-order valence-electron chi connectivity index (χ4n) is 1.49. The van der Waals surface area contributed by atoms with Crippen LogP contribution in [0.25, 0.3) is 0 Å². The van der Waals surface area contributed by atoms with Crippen LogP contribution in [0.2, 0.25) is 0 Å². The molecule has 1 rings (SSSR count). The molecular formula is C13H19NO3. The van der Waals surface area contributed by atoms with Crippen LogP contribution in [-0.4, -0.2) is 24.2 Å². The first-order valence-corrected chi connectivity index (χ1v) is 5.61. The molecule has 0 unspecified atom stereocenters. The molecular weight excluding hydrogens is 218 g/mol. The van der Waals surface area contributed by atoms with Crippen LogP contribution in [0, 0.1) is 0 Å². The second-order valence-corrected chi connectivity index (χ2v) is 4.06. The first-order valence-electron chi connectivity index (χ1n) is 5.61. The van der Waals surface area contributed by atoms with E-state index in [1.807, 2.05) is 38.1 Å². The Balaban J connectivity index is 2.81. The lowest BCUT2D eigenvalue weighted by molar-refractivity contribution is -0.200. The monoisotopic (exact) mass is 237 g/mol. The highest BCUT2D eigenvalue weighted by atomic mass is 16.7. The third-order valence-corrected chi connectivity index (χ3v) is 2.34. The third kappa shape index (κ3) is 4.07. The highest BCUT2D eigenvalue weighted by molar-refractivity contribution is 5.65. The van der Waals surface area contributed by atoms with E-state index in [-0.39, 0.29) is 12.0 Å². The summed E-state index contributed by atoms with van der Waals surface area (Å²) < 4.78 is 5.26. The number of hydrogen-bond acceptors (Lipinski definition) is 4. The average molecular weight is 237 g/mol. The van der Waals surface area contributed by atoms with Gasteiger partial charge in [0.15, 0.2) is 0 Å². The predicted molar refractivity (Wildman–Crippen MR) is 65.4 cm³/mol. The van der Waals surface area contributed by atoms with E-state index in [1.54, 1.807) is 12.2 Å². The SMILES string of the molecule is COc1ccccc1CN(OC(C)=O)C(C)C. The number of hydroxylamine groups is 2. The van der Waals surface area contributed by atoms with Crippen LogP contribution in [0.1, 0.15) is 26.3 Å². The van der Waals surface area contributed by atoms with Crippen molar-refractivity contribution in [1.29, 1.82) is 0 Å². The number of carbonyl (C=O) groups excluding carboxylic acids is 1. The molecule has 0 atom stereocenters. The first kappa shape index (κ1) is 13.5. The van der Waals surface area contributed by atoms with E-state index in [2.05, 4.69) is 0 Å². The molecule has 94 valence electrons. The molecule has 0 aromatic heterocycles. The normalized spacial score (nSPS) is 10.7. The van der Waals surface area contributed by atoms with Crippen molar-refractivity contribution in [2.45, 2.75) is 33.4 Å². The van der Waals surface area contributed by atoms with Gasteiger partial charge in [-0.3, -0.25) is 4.79 Å². The first-order chi connectivity index (χ1) is 8.04. The van der Waals surface area contributed by atoms with Gasteiger partial charge in [-0.2, -0.15) is 0 Å². The van der Waals surface area contributed by atoms with Crippen LogP contribution in [0.5, 0.6) is 5.75 Å². The maximum absolute atomic E-state index is 11.0. The van der Waals surface area contributed by atoms with Crippen molar-refractivity contribution >= 4 is 5.97 Å². The Hall–Kier alpha value is -1.55. The molecule has 1 aromatic carbocycles. The lowest BCUT2D eigenvalue weighted by atomic mass is 10.2. The third-order valence-electron chi connectivity index (χ3n) is 2.34. The molecule has 0 radical (unpaired) electrons. The molecule has 0 fully saturated rings. The molecule has 0 saturated heterocycles. The topological polar surface area (TPSA) is 38.8 Å². The van der Waals surface area contributed by atoms with Gasteiger partial charge < -0.3 is 9.57 Å². The van der Waals surface area contributed by atoms with Gasteiger partial charge in [-0.1, -0.05) is 18.2 Å². The summed E-state index contributed by atoms with van der Waals surface area (Å²) in [5.74, 6) is 0.485. The average Bonchev–Trinajstić information content (AvgIpc) is 2.28. The fraction of sp³-hybridized carbons (Fsp3) is 0.462. The van der Waals surface area contributed by atoms with Crippen LogP contribution in [0.15, 0.2) is 24.3 Å². The summed E-state index contributed by atoms with van der Waals surface area (Å²) in [6.07, 6.45) is 0. The molecule has 4 nitrogen and oxygen atoms in total. The zero-order chi connectivity index (χ0) is 12.8. The molecule has 0 amide bonds. The van der Waals surface area contributed by atoms with Gasteiger partial charge in [-0.05, 0) is 19.9 Å². The number of nitrogens with zero attached hydrogens (tertiary/aromatic N) is 1. The minimum absolute atomic E-state index is 0.115. The number of hydrogen-bond donors (Lipinski definition) is 0. The second-order valence-electron chi connectivity index (χ2n) is 4.06. The number of ether oxygens (including phenoxy) is 1. The number of rotatable bonds is 5. The highest BCUT2D eigenvalue weighted by Crippen LogP contribution is 2.20. The van der Waals surface area contributed by atoms with Gasteiger partial charge in [0.2, 0.25) is 0 Å². The smallest absolute Gasteiger partial charge is 0.322 e. The summed E-state index contributed by atoms with van der Waals surface area (Å²) in [4.78, 5) is 16.2. The number of benzene rings is 1. The number of carbonyl (C=O) groups is 1. The Morgan fingerprint density at radius 3 is 2.53 bits per heavy atom. The molecule has 0 aliphatic rings. The van der Waals surface area contributed by atoms with Crippen molar-refractivity contribution in [3.8, 4) is 5.75 Å². The summed E-state index contributed by atoms with van der Waals surface area (Å²) in [6.45, 7) is 5.86. The van der Waals surface area contributed by atoms with E-state index in [4.69, 9.17) is 9.57 Å². The maximum Gasteiger partial charge on any atom is 0.322 e. The Labute approximate surface area is 102 Å². The fourth-order valence-corrected chi connectivity index (χ4v) is 1.49. The van der Waals surface area contributed by atoms with Gasteiger partial charge >= 0.3 is 5.97 Å². The Morgan fingerprint density at radius 2 is 2.00 bits per heavy atom. The minimum Gasteiger partial charge on any atom is -0.496 e. The molecule has 0 heterocycles. The van der Waals surface area contributed by atoms with E-state index in [9.17, 15) is 4.79 Å². The molecule has 0 aliphatic carbocycles. The minimum atomic E-state index is -0.311. The lowest BCUT2D eigenvalue weighted by Crippen LogP contribution is -2.32. The molecule has 0 N–H and O–H groups in total. The van der Waals surface area contributed by atoms with Crippen molar-refractivity contribution < 1.29 is 14.4 Å². The largest absolute Gasteiger partial charge is 0.496 e. The van der Waals surface area contributed by atoms with E-state index in [0.29, 0.717) is 6.54 Å². The molecule has 4 heteroatoms. The van der Waals surface area contributed by atoms with E-state index < -0.39 is 0 Å². The van der Waals surface area contributed by atoms with Crippen molar-refractivity contribution in [2.75, 3.05) is 7.11 Å². The summed E-state index contributed by atoms with van der Waals surface area (Å²) in [5, 5.41) is 1.64. The van der Waals surface area contributed by atoms with Gasteiger partial charge in [-0.25, -0.2) is 0 Å². The Kier molecular flexibility index (Phi) is 4.97. The molecule has 0 bridgehead atoms. The molecule has 17 heavy (non-hydrogen) atoms. The number of para-hydroxylation sites is 1. The van der Waals surface area contributed by atoms with E-state index >= 15 is 0 Å². The van der Waals surface area contributed by atoms with Crippen LogP contribution in [0.3, 0.4) is 0 Å². The summed E-state index contributed by atoms with van der Waals surface area (Å²) >= 11 is 0.